The van der Waals surface area contributed by atoms with Crippen molar-refractivity contribution < 1.29 is 29.9 Å². The molecule has 21 heavy (non-hydrogen) atoms. The lowest BCUT2D eigenvalue weighted by Gasteiger charge is -2.39. The molecule has 0 bridgehead atoms. The Balaban J connectivity index is 2.08. The molecule has 2 rings (SSSR count). The van der Waals surface area contributed by atoms with Crippen LogP contribution in [0, 0.1) is 0 Å². The number of aliphatic hydroxyl groups excluding tert-OH is 4. The van der Waals surface area contributed by atoms with Crippen LogP contribution in [0.25, 0.3) is 0 Å². The number of aliphatic imine (C=N–C) groups is 1. The topological polar surface area (TPSA) is 112 Å². The first-order valence-electron chi connectivity index (χ1n) is 6.22. The summed E-state index contributed by atoms with van der Waals surface area (Å²) in [4.78, 5) is 3.78. The first-order valence-corrected chi connectivity index (χ1v) is 6.62. The lowest BCUT2D eigenvalue weighted by Crippen LogP contribution is -2.60. The fourth-order valence-corrected chi connectivity index (χ4v) is 2.06. The van der Waals surface area contributed by atoms with E-state index >= 15 is 0 Å². The summed E-state index contributed by atoms with van der Waals surface area (Å²) in [5.41, 5.74) is 0.589. The van der Waals surface area contributed by atoms with Gasteiger partial charge in [-0.2, -0.15) is 4.99 Å². The van der Waals surface area contributed by atoms with Gasteiger partial charge < -0.3 is 29.9 Å². The van der Waals surface area contributed by atoms with E-state index in [9.17, 15) is 15.3 Å². The Labute approximate surface area is 126 Å². The molecule has 1 aromatic rings. The molecule has 0 saturated carbocycles. The highest BCUT2D eigenvalue weighted by atomic mass is 32.1. The average Bonchev–Trinajstić information content (AvgIpc) is 2.50. The molecule has 0 aromatic heterocycles. The van der Waals surface area contributed by atoms with E-state index in [2.05, 4.69) is 22.4 Å². The van der Waals surface area contributed by atoms with Gasteiger partial charge in [0.2, 0.25) is 6.29 Å². The average molecular weight is 313 g/mol. The Morgan fingerprint density at radius 2 is 1.81 bits per heavy atom. The number of nitrogens with zero attached hydrogens (tertiary/aromatic N) is 1. The number of isothiocyanates is 1. The Bertz CT molecular complexity index is 516. The maximum atomic E-state index is 9.84. The van der Waals surface area contributed by atoms with Crippen LogP contribution in [0.5, 0.6) is 5.75 Å². The third-order valence-corrected chi connectivity index (χ3v) is 3.20. The first-order chi connectivity index (χ1) is 10.1. The van der Waals surface area contributed by atoms with Crippen LogP contribution >= 0.6 is 12.2 Å². The van der Waals surface area contributed by atoms with Gasteiger partial charge in [-0.3, -0.25) is 0 Å². The van der Waals surface area contributed by atoms with E-state index in [4.69, 9.17) is 14.6 Å². The van der Waals surface area contributed by atoms with Gasteiger partial charge in [-0.25, -0.2) is 0 Å². The van der Waals surface area contributed by atoms with Crippen LogP contribution < -0.4 is 4.74 Å². The summed E-state index contributed by atoms with van der Waals surface area (Å²) in [5.74, 6) is 0.364. The summed E-state index contributed by atoms with van der Waals surface area (Å²) in [6, 6.07) is 6.40. The molecule has 4 N–H and O–H groups in total. The molecule has 1 aliphatic heterocycles. The molecule has 7 nitrogen and oxygen atoms in total. The van der Waals surface area contributed by atoms with Crippen LogP contribution in [-0.4, -0.2) is 62.9 Å². The molecule has 0 amide bonds. The minimum atomic E-state index is -1.47. The van der Waals surface area contributed by atoms with Crippen LogP contribution in [0.4, 0.5) is 5.69 Å². The van der Waals surface area contributed by atoms with E-state index in [1.165, 1.54) is 0 Å². The molecule has 0 aliphatic carbocycles. The predicted molar refractivity (Wildman–Crippen MR) is 75.5 cm³/mol. The quantitative estimate of drug-likeness (QED) is 0.442. The second kappa shape index (κ2) is 7.06. The zero-order valence-electron chi connectivity index (χ0n) is 10.9. The summed E-state index contributed by atoms with van der Waals surface area (Å²) < 4.78 is 10.6. The van der Waals surface area contributed by atoms with E-state index in [-0.39, 0.29) is 0 Å². The van der Waals surface area contributed by atoms with Gasteiger partial charge in [-0.15, -0.1) is 0 Å². The molecule has 5 atom stereocenters. The molecule has 1 heterocycles. The number of hydrogen-bond donors (Lipinski definition) is 4. The van der Waals surface area contributed by atoms with Gasteiger partial charge in [-0.05, 0) is 36.5 Å². The largest absolute Gasteiger partial charge is 0.462 e. The minimum Gasteiger partial charge on any atom is -0.462 e. The Hall–Kier alpha value is -1.38. The van der Waals surface area contributed by atoms with Gasteiger partial charge >= 0.3 is 0 Å². The molecule has 114 valence electrons. The highest BCUT2D eigenvalue weighted by molar-refractivity contribution is 7.78. The van der Waals surface area contributed by atoms with Gasteiger partial charge in [0.25, 0.3) is 0 Å². The third-order valence-electron chi connectivity index (χ3n) is 3.11. The van der Waals surface area contributed by atoms with E-state index in [0.717, 1.165) is 0 Å². The van der Waals surface area contributed by atoms with Crippen molar-refractivity contribution in [3.05, 3.63) is 24.3 Å². The normalized spacial score (nSPS) is 32.3. The molecule has 1 aromatic carbocycles. The smallest absolute Gasteiger partial charge is 0.229 e. The number of hydrogen-bond acceptors (Lipinski definition) is 8. The zero-order valence-corrected chi connectivity index (χ0v) is 11.7. The van der Waals surface area contributed by atoms with Crippen molar-refractivity contribution >= 4 is 23.1 Å². The Morgan fingerprint density at radius 3 is 2.38 bits per heavy atom. The van der Waals surface area contributed by atoms with Crippen LogP contribution in [-0.2, 0) is 4.74 Å². The summed E-state index contributed by atoms with van der Waals surface area (Å²) >= 11 is 4.49. The molecule has 1 aliphatic rings. The molecule has 0 unspecified atom stereocenters. The van der Waals surface area contributed by atoms with Crippen molar-refractivity contribution in [2.75, 3.05) is 6.61 Å². The highest BCUT2D eigenvalue weighted by Gasteiger charge is 2.44. The van der Waals surface area contributed by atoms with Crippen LogP contribution in [0.2, 0.25) is 0 Å². The van der Waals surface area contributed by atoms with Gasteiger partial charge in [0.05, 0.1) is 17.5 Å². The minimum absolute atomic E-state index is 0.364. The first kappa shape index (κ1) is 16.0. The van der Waals surface area contributed by atoms with Crippen molar-refractivity contribution in [2.24, 2.45) is 4.99 Å². The fraction of sp³-hybridized carbons (Fsp3) is 0.462. The fourth-order valence-electron chi connectivity index (χ4n) is 1.95. The van der Waals surface area contributed by atoms with Crippen molar-refractivity contribution in [2.45, 2.75) is 30.7 Å². The molecular weight excluding hydrogens is 298 g/mol. The lowest BCUT2D eigenvalue weighted by molar-refractivity contribution is -0.277. The third kappa shape index (κ3) is 3.63. The molecular formula is C13H15NO6S. The standard InChI is InChI=1S/C13H15NO6S/c15-5-9-10(16)11(17)12(18)13(20-9)19-8-3-1-7(2-4-8)14-6-21/h1-4,9-13,15-18H,5H2/t9-,10+,11+,12-,13+/m1/s1. The highest BCUT2D eigenvalue weighted by Crippen LogP contribution is 2.25. The maximum Gasteiger partial charge on any atom is 0.229 e. The van der Waals surface area contributed by atoms with E-state index in [1.54, 1.807) is 24.3 Å². The van der Waals surface area contributed by atoms with Crippen molar-refractivity contribution in [1.82, 2.24) is 0 Å². The van der Waals surface area contributed by atoms with Gasteiger partial charge in [0, 0.05) is 0 Å². The SMILES string of the molecule is OC[C@H]1O[C@H](Oc2ccc(N=C=S)cc2)[C@H](O)[C@@H](O)[C@H]1O. The van der Waals surface area contributed by atoms with Gasteiger partial charge in [0.15, 0.2) is 0 Å². The van der Waals surface area contributed by atoms with E-state index in [1.807, 2.05) is 0 Å². The summed E-state index contributed by atoms with van der Waals surface area (Å²) in [5, 5.41) is 40.5. The van der Waals surface area contributed by atoms with Gasteiger partial charge in [-0.1, -0.05) is 0 Å². The molecule has 8 heteroatoms. The van der Waals surface area contributed by atoms with Crippen LogP contribution in [0.1, 0.15) is 0 Å². The van der Waals surface area contributed by atoms with Crippen molar-refractivity contribution in [1.29, 1.82) is 0 Å². The molecule has 0 spiro atoms. The number of ether oxygens (including phenoxy) is 2. The number of thiocarbonyl (C=S) groups is 1. The van der Waals surface area contributed by atoms with Crippen molar-refractivity contribution in [3.8, 4) is 5.75 Å². The molecule has 1 saturated heterocycles. The lowest BCUT2D eigenvalue weighted by atomic mass is 9.99. The maximum absolute atomic E-state index is 9.84. The van der Waals surface area contributed by atoms with Crippen LogP contribution in [0.15, 0.2) is 29.3 Å². The summed E-state index contributed by atoms with van der Waals surface area (Å²) in [6.45, 7) is -0.507. The second-order valence-electron chi connectivity index (χ2n) is 4.51. The van der Waals surface area contributed by atoms with Gasteiger partial charge in [0.1, 0.15) is 30.2 Å². The number of rotatable bonds is 4. The van der Waals surface area contributed by atoms with E-state index in [0.29, 0.717) is 11.4 Å². The summed E-state index contributed by atoms with van der Waals surface area (Å²) in [7, 11) is 0. The van der Waals surface area contributed by atoms with E-state index < -0.39 is 37.3 Å². The Morgan fingerprint density at radius 1 is 1.14 bits per heavy atom. The predicted octanol–water partition coefficient (Wildman–Crippen LogP) is -0.400. The Kier molecular flexibility index (Phi) is 5.38. The molecule has 0 radical (unpaired) electrons. The second-order valence-corrected chi connectivity index (χ2v) is 4.69. The van der Waals surface area contributed by atoms with Crippen molar-refractivity contribution in [3.63, 3.8) is 0 Å². The summed E-state index contributed by atoms with van der Waals surface area (Å²) in [6.07, 6.45) is -6.54. The number of aliphatic hydroxyl groups is 4. The van der Waals surface area contributed by atoms with Crippen LogP contribution in [0.3, 0.4) is 0 Å². The molecule has 1 fully saturated rings. The number of benzene rings is 1. The zero-order chi connectivity index (χ0) is 15.4. The monoisotopic (exact) mass is 313 g/mol.